The third-order valence-corrected chi connectivity index (χ3v) is 2.69. The Morgan fingerprint density at radius 2 is 2.12 bits per heavy atom. The van der Waals surface area contributed by atoms with E-state index in [1.165, 1.54) is 5.56 Å². The maximum absolute atomic E-state index is 4.46. The van der Waals surface area contributed by atoms with E-state index in [1.54, 1.807) is 4.68 Å². The second kappa shape index (κ2) is 4.61. The zero-order chi connectivity index (χ0) is 12.4. The topological polar surface area (TPSA) is 47.7 Å². The normalized spacial score (nSPS) is 11.1. The Morgan fingerprint density at radius 3 is 2.65 bits per heavy atom. The van der Waals surface area contributed by atoms with Crippen LogP contribution in [-0.4, -0.2) is 19.6 Å². The SMILES string of the molecule is Cc1nn(C(C)C)cc1NCc1cnn(C)c1. The molecule has 0 radical (unpaired) electrons. The van der Waals surface area contributed by atoms with Crippen LogP contribution in [0.4, 0.5) is 5.69 Å². The standard InChI is InChI=1S/C12H19N5/c1-9(2)17-8-12(10(3)15-17)13-5-11-6-14-16(4)7-11/h6-9,13H,5H2,1-4H3. The second-order valence-electron chi connectivity index (χ2n) is 4.58. The first-order valence-corrected chi connectivity index (χ1v) is 5.83. The Hall–Kier alpha value is -1.78. The molecule has 0 unspecified atom stereocenters. The lowest BCUT2D eigenvalue weighted by molar-refractivity contribution is 0.529. The van der Waals surface area contributed by atoms with Gasteiger partial charge in [0.1, 0.15) is 0 Å². The molecule has 0 saturated heterocycles. The number of anilines is 1. The Labute approximate surface area is 101 Å². The molecule has 0 aliphatic rings. The fourth-order valence-electron chi connectivity index (χ4n) is 1.68. The van der Waals surface area contributed by atoms with Crippen molar-refractivity contribution < 1.29 is 0 Å². The van der Waals surface area contributed by atoms with Crippen LogP contribution in [0.3, 0.4) is 0 Å². The van der Waals surface area contributed by atoms with E-state index >= 15 is 0 Å². The summed E-state index contributed by atoms with van der Waals surface area (Å²) in [6.07, 6.45) is 5.93. The molecule has 0 spiro atoms. The first-order chi connectivity index (χ1) is 8.06. The van der Waals surface area contributed by atoms with Crippen LogP contribution >= 0.6 is 0 Å². The highest BCUT2D eigenvalue weighted by Gasteiger charge is 2.06. The Kier molecular flexibility index (Phi) is 3.17. The molecule has 1 N–H and O–H groups in total. The van der Waals surface area contributed by atoms with Gasteiger partial charge in [-0.25, -0.2) is 0 Å². The summed E-state index contributed by atoms with van der Waals surface area (Å²) in [5.41, 5.74) is 3.29. The molecule has 92 valence electrons. The van der Waals surface area contributed by atoms with Crippen molar-refractivity contribution in [1.29, 1.82) is 0 Å². The molecule has 2 rings (SSSR count). The van der Waals surface area contributed by atoms with Crippen molar-refractivity contribution in [3.8, 4) is 0 Å². The molecule has 0 fully saturated rings. The fraction of sp³-hybridized carbons (Fsp3) is 0.500. The van der Waals surface area contributed by atoms with Gasteiger partial charge in [-0.3, -0.25) is 9.36 Å². The summed E-state index contributed by atoms with van der Waals surface area (Å²) in [7, 11) is 1.92. The maximum atomic E-state index is 4.46. The molecule has 0 amide bonds. The third kappa shape index (κ3) is 2.67. The van der Waals surface area contributed by atoms with Crippen LogP contribution in [-0.2, 0) is 13.6 Å². The molecule has 0 aliphatic heterocycles. The fourth-order valence-corrected chi connectivity index (χ4v) is 1.68. The van der Waals surface area contributed by atoms with E-state index in [2.05, 4.69) is 35.6 Å². The molecule has 2 aromatic rings. The molecular weight excluding hydrogens is 214 g/mol. The minimum Gasteiger partial charge on any atom is -0.378 e. The van der Waals surface area contributed by atoms with Crippen molar-refractivity contribution in [1.82, 2.24) is 19.6 Å². The average molecular weight is 233 g/mol. The molecule has 5 heteroatoms. The predicted molar refractivity (Wildman–Crippen MR) is 67.9 cm³/mol. The summed E-state index contributed by atoms with van der Waals surface area (Å²) in [4.78, 5) is 0. The highest BCUT2D eigenvalue weighted by molar-refractivity contribution is 5.46. The van der Waals surface area contributed by atoms with E-state index in [9.17, 15) is 0 Å². The first kappa shape index (κ1) is 11.7. The molecule has 17 heavy (non-hydrogen) atoms. The van der Waals surface area contributed by atoms with E-state index in [4.69, 9.17) is 0 Å². The molecule has 5 nitrogen and oxygen atoms in total. The van der Waals surface area contributed by atoms with Crippen molar-refractivity contribution in [3.63, 3.8) is 0 Å². The molecule has 0 aliphatic carbocycles. The first-order valence-electron chi connectivity index (χ1n) is 5.83. The molecule has 0 aromatic carbocycles. The van der Waals surface area contributed by atoms with Gasteiger partial charge in [0.05, 0.1) is 17.6 Å². The number of hydrogen-bond acceptors (Lipinski definition) is 3. The van der Waals surface area contributed by atoms with Gasteiger partial charge < -0.3 is 5.32 Å². The Morgan fingerprint density at radius 1 is 1.35 bits per heavy atom. The van der Waals surface area contributed by atoms with Crippen LogP contribution in [0.5, 0.6) is 0 Å². The van der Waals surface area contributed by atoms with Gasteiger partial charge >= 0.3 is 0 Å². The summed E-state index contributed by atoms with van der Waals surface area (Å²) >= 11 is 0. The van der Waals surface area contributed by atoms with E-state index < -0.39 is 0 Å². The maximum Gasteiger partial charge on any atom is 0.0825 e. The zero-order valence-corrected chi connectivity index (χ0v) is 10.8. The lowest BCUT2D eigenvalue weighted by Gasteiger charge is -2.03. The third-order valence-electron chi connectivity index (χ3n) is 2.69. The molecular formula is C12H19N5. The number of nitrogens with zero attached hydrogens (tertiary/aromatic N) is 4. The Balaban J connectivity index is 2.03. The quantitative estimate of drug-likeness (QED) is 0.880. The largest absolute Gasteiger partial charge is 0.378 e. The summed E-state index contributed by atoms with van der Waals surface area (Å²) < 4.78 is 3.78. The van der Waals surface area contributed by atoms with Crippen LogP contribution in [0, 0.1) is 6.92 Å². The van der Waals surface area contributed by atoms with Crippen LogP contribution < -0.4 is 5.32 Å². The van der Waals surface area contributed by atoms with Gasteiger partial charge in [0.2, 0.25) is 0 Å². The van der Waals surface area contributed by atoms with E-state index in [0.29, 0.717) is 6.04 Å². The number of aromatic nitrogens is 4. The van der Waals surface area contributed by atoms with Crippen LogP contribution in [0.25, 0.3) is 0 Å². The molecule has 0 saturated carbocycles. The van der Waals surface area contributed by atoms with Gasteiger partial charge in [0.15, 0.2) is 0 Å². The van der Waals surface area contributed by atoms with Gasteiger partial charge in [-0.05, 0) is 20.8 Å². The Bertz CT molecular complexity index is 495. The number of aryl methyl sites for hydroxylation is 2. The van der Waals surface area contributed by atoms with Gasteiger partial charge in [-0.1, -0.05) is 0 Å². The van der Waals surface area contributed by atoms with E-state index in [-0.39, 0.29) is 0 Å². The molecule has 0 atom stereocenters. The monoisotopic (exact) mass is 233 g/mol. The highest BCUT2D eigenvalue weighted by Crippen LogP contribution is 2.16. The van der Waals surface area contributed by atoms with Crippen molar-refractivity contribution in [2.45, 2.75) is 33.4 Å². The van der Waals surface area contributed by atoms with Crippen LogP contribution in [0.15, 0.2) is 18.6 Å². The van der Waals surface area contributed by atoms with Crippen LogP contribution in [0.1, 0.15) is 31.1 Å². The molecule has 2 heterocycles. The number of rotatable bonds is 4. The van der Waals surface area contributed by atoms with Gasteiger partial charge in [-0.15, -0.1) is 0 Å². The summed E-state index contributed by atoms with van der Waals surface area (Å²) in [6.45, 7) is 7.04. The summed E-state index contributed by atoms with van der Waals surface area (Å²) in [5, 5.41) is 12.0. The zero-order valence-electron chi connectivity index (χ0n) is 10.8. The predicted octanol–water partition coefficient (Wildman–Crippen LogP) is 2.12. The minimum absolute atomic E-state index is 0.391. The minimum atomic E-state index is 0.391. The van der Waals surface area contributed by atoms with Gasteiger partial charge in [0, 0.05) is 37.6 Å². The van der Waals surface area contributed by atoms with Crippen molar-refractivity contribution in [2.24, 2.45) is 7.05 Å². The molecule has 0 bridgehead atoms. The van der Waals surface area contributed by atoms with Crippen LogP contribution in [0.2, 0.25) is 0 Å². The smallest absolute Gasteiger partial charge is 0.0825 e. The van der Waals surface area contributed by atoms with Gasteiger partial charge in [-0.2, -0.15) is 10.2 Å². The lowest BCUT2D eigenvalue weighted by atomic mass is 10.3. The van der Waals surface area contributed by atoms with Crippen molar-refractivity contribution >= 4 is 5.69 Å². The van der Waals surface area contributed by atoms with E-state index in [0.717, 1.165) is 17.9 Å². The van der Waals surface area contributed by atoms with Crippen molar-refractivity contribution in [3.05, 3.63) is 29.8 Å². The van der Waals surface area contributed by atoms with Gasteiger partial charge in [0.25, 0.3) is 0 Å². The average Bonchev–Trinajstić information content (AvgIpc) is 2.82. The van der Waals surface area contributed by atoms with E-state index in [1.807, 2.05) is 31.0 Å². The van der Waals surface area contributed by atoms with Crippen molar-refractivity contribution in [2.75, 3.05) is 5.32 Å². The molecule has 2 aromatic heterocycles. The number of hydrogen-bond donors (Lipinski definition) is 1. The summed E-state index contributed by atoms with van der Waals surface area (Å²) in [5.74, 6) is 0. The highest BCUT2D eigenvalue weighted by atomic mass is 15.3. The second-order valence-corrected chi connectivity index (χ2v) is 4.58. The summed E-state index contributed by atoms with van der Waals surface area (Å²) in [6, 6.07) is 0.391. The number of nitrogens with one attached hydrogen (secondary N) is 1. The lowest BCUT2D eigenvalue weighted by Crippen LogP contribution is -2.00.